The van der Waals surface area contributed by atoms with Crippen LogP contribution in [0, 0.1) is 12.7 Å². The average Bonchev–Trinajstić information content (AvgIpc) is 2.58. The van der Waals surface area contributed by atoms with E-state index in [0.717, 1.165) is 0 Å². The van der Waals surface area contributed by atoms with Gasteiger partial charge in [-0.3, -0.25) is 9.52 Å². The predicted octanol–water partition coefficient (Wildman–Crippen LogP) is 3.45. The number of hydrogen-bond acceptors (Lipinski definition) is 4. The lowest BCUT2D eigenvalue weighted by Gasteiger charge is -2.12. The number of benzene rings is 2. The highest BCUT2D eigenvalue weighted by atomic mass is 79.9. The molecular weight excluding hydrogens is 425 g/mol. The summed E-state index contributed by atoms with van der Waals surface area (Å²) in [7, 11) is -4.02. The van der Waals surface area contributed by atoms with E-state index >= 15 is 0 Å². The zero-order chi connectivity index (χ0) is 18.9. The minimum atomic E-state index is -4.02. The second kappa shape index (κ2) is 7.00. The molecule has 0 saturated carbocycles. The summed E-state index contributed by atoms with van der Waals surface area (Å²) in [6.07, 6.45) is 0. The Hall–Kier alpha value is -2.52. The molecule has 26 heavy (non-hydrogen) atoms. The van der Waals surface area contributed by atoms with Gasteiger partial charge in [0.05, 0.1) is 16.3 Å². The summed E-state index contributed by atoms with van der Waals surface area (Å²) in [4.78, 5) is 11.1. The first-order valence-electron chi connectivity index (χ1n) is 7.41. The minimum absolute atomic E-state index is 0.00896. The molecule has 0 aliphatic carbocycles. The van der Waals surface area contributed by atoms with Gasteiger partial charge < -0.3 is 0 Å². The number of nitrogens with zero attached hydrogens (tertiary/aromatic N) is 1. The third-order valence-electron chi connectivity index (χ3n) is 3.63. The second-order valence-electron chi connectivity index (χ2n) is 5.52. The van der Waals surface area contributed by atoms with Crippen molar-refractivity contribution in [3.05, 3.63) is 74.7 Å². The fourth-order valence-electron chi connectivity index (χ4n) is 2.33. The molecule has 0 aliphatic rings. The maximum Gasteiger partial charge on any atom is 0.264 e. The molecule has 9 heteroatoms. The Morgan fingerprint density at radius 1 is 1.12 bits per heavy atom. The van der Waals surface area contributed by atoms with Gasteiger partial charge >= 0.3 is 0 Å². The number of aryl methyl sites for hydroxylation is 1. The Balaban J connectivity index is 2.02. The number of H-pyrrole nitrogens is 1. The standard InChI is InChI=1S/C17H13BrFN3O3S/c1-10-2-3-11(14-6-7-17(23)21-20-14)8-16(10)26(24,25)22-15-5-4-12(18)9-13(15)19/h2-9,22H,1H3,(H,21,23). The van der Waals surface area contributed by atoms with Gasteiger partial charge in [-0.05, 0) is 42.8 Å². The van der Waals surface area contributed by atoms with Gasteiger partial charge in [-0.15, -0.1) is 0 Å². The van der Waals surface area contributed by atoms with Crippen LogP contribution in [0.2, 0.25) is 0 Å². The molecule has 0 saturated heterocycles. The summed E-state index contributed by atoms with van der Waals surface area (Å²) in [5, 5.41) is 6.19. The Morgan fingerprint density at radius 2 is 1.88 bits per heavy atom. The van der Waals surface area contributed by atoms with E-state index in [4.69, 9.17) is 0 Å². The van der Waals surface area contributed by atoms with Crippen molar-refractivity contribution in [2.24, 2.45) is 0 Å². The Kier molecular flexibility index (Phi) is 4.92. The monoisotopic (exact) mass is 437 g/mol. The molecule has 1 aromatic heterocycles. The van der Waals surface area contributed by atoms with Gasteiger partial charge in [0.1, 0.15) is 5.82 Å². The minimum Gasteiger partial charge on any atom is -0.277 e. The zero-order valence-corrected chi connectivity index (χ0v) is 15.9. The van der Waals surface area contributed by atoms with E-state index in [9.17, 15) is 17.6 Å². The highest BCUT2D eigenvalue weighted by Gasteiger charge is 2.20. The van der Waals surface area contributed by atoms with E-state index in [2.05, 4.69) is 30.8 Å². The molecule has 0 aliphatic heterocycles. The van der Waals surface area contributed by atoms with Crippen molar-refractivity contribution in [1.82, 2.24) is 10.2 Å². The van der Waals surface area contributed by atoms with Gasteiger partial charge in [0.25, 0.3) is 15.6 Å². The van der Waals surface area contributed by atoms with Gasteiger partial charge in [-0.2, -0.15) is 5.10 Å². The summed E-state index contributed by atoms with van der Waals surface area (Å²) >= 11 is 3.12. The largest absolute Gasteiger partial charge is 0.277 e. The Bertz CT molecular complexity index is 1130. The first-order chi connectivity index (χ1) is 12.3. The van der Waals surface area contributed by atoms with E-state index in [1.807, 2.05) is 0 Å². The van der Waals surface area contributed by atoms with Gasteiger partial charge in [-0.1, -0.05) is 28.1 Å². The third kappa shape index (κ3) is 3.83. The van der Waals surface area contributed by atoms with Crippen molar-refractivity contribution in [3.8, 4) is 11.3 Å². The quantitative estimate of drug-likeness (QED) is 0.653. The molecule has 0 spiro atoms. The number of aromatic amines is 1. The summed E-state index contributed by atoms with van der Waals surface area (Å²) in [6.45, 7) is 1.64. The summed E-state index contributed by atoms with van der Waals surface area (Å²) in [6, 6.07) is 11.6. The van der Waals surface area contributed by atoms with Crippen LogP contribution in [0.4, 0.5) is 10.1 Å². The van der Waals surface area contributed by atoms with E-state index < -0.39 is 15.8 Å². The van der Waals surface area contributed by atoms with Crippen molar-refractivity contribution in [1.29, 1.82) is 0 Å². The smallest absolute Gasteiger partial charge is 0.264 e. The lowest BCUT2D eigenvalue weighted by Crippen LogP contribution is -2.15. The van der Waals surface area contributed by atoms with Crippen molar-refractivity contribution < 1.29 is 12.8 Å². The number of rotatable bonds is 4. The Labute approximate surface area is 157 Å². The molecule has 0 radical (unpaired) electrons. The van der Waals surface area contributed by atoms with Gasteiger partial charge in [0.15, 0.2) is 0 Å². The van der Waals surface area contributed by atoms with E-state index in [1.165, 1.54) is 36.4 Å². The van der Waals surface area contributed by atoms with E-state index in [0.29, 0.717) is 21.3 Å². The molecule has 0 unspecified atom stereocenters. The van der Waals surface area contributed by atoms with Crippen LogP contribution in [-0.2, 0) is 10.0 Å². The SMILES string of the molecule is Cc1ccc(-c2ccc(=O)[nH]n2)cc1S(=O)(=O)Nc1ccc(Br)cc1F. The maximum atomic E-state index is 14.0. The molecule has 6 nitrogen and oxygen atoms in total. The normalized spacial score (nSPS) is 11.3. The van der Waals surface area contributed by atoms with Crippen molar-refractivity contribution in [3.63, 3.8) is 0 Å². The van der Waals surface area contributed by atoms with Crippen molar-refractivity contribution in [2.75, 3.05) is 4.72 Å². The van der Waals surface area contributed by atoms with Crippen LogP contribution in [0.3, 0.4) is 0 Å². The molecule has 2 aromatic carbocycles. The van der Waals surface area contributed by atoms with E-state index in [-0.39, 0.29) is 16.1 Å². The van der Waals surface area contributed by atoms with Crippen LogP contribution < -0.4 is 10.3 Å². The zero-order valence-electron chi connectivity index (χ0n) is 13.5. The first kappa shape index (κ1) is 18.3. The molecule has 1 heterocycles. The summed E-state index contributed by atoms with van der Waals surface area (Å²) in [5.74, 6) is -0.695. The van der Waals surface area contributed by atoms with Crippen LogP contribution in [0.25, 0.3) is 11.3 Å². The molecule has 2 N–H and O–H groups in total. The first-order valence-corrected chi connectivity index (χ1v) is 9.68. The van der Waals surface area contributed by atoms with Crippen molar-refractivity contribution in [2.45, 2.75) is 11.8 Å². The van der Waals surface area contributed by atoms with Gasteiger partial charge in [0, 0.05) is 16.1 Å². The number of nitrogens with one attached hydrogen (secondary N) is 2. The van der Waals surface area contributed by atoms with Crippen LogP contribution in [-0.4, -0.2) is 18.6 Å². The number of anilines is 1. The summed E-state index contributed by atoms with van der Waals surface area (Å²) < 4.78 is 42.2. The number of halogens is 2. The lowest BCUT2D eigenvalue weighted by molar-refractivity contribution is 0.598. The maximum absolute atomic E-state index is 14.0. The number of hydrogen-bond donors (Lipinski definition) is 2. The molecule has 0 amide bonds. The fraction of sp³-hybridized carbons (Fsp3) is 0.0588. The average molecular weight is 438 g/mol. The molecule has 3 rings (SSSR count). The molecule has 0 bridgehead atoms. The van der Waals surface area contributed by atoms with Crippen LogP contribution in [0.5, 0.6) is 0 Å². The second-order valence-corrected chi connectivity index (χ2v) is 8.08. The number of sulfonamides is 1. The number of aromatic nitrogens is 2. The van der Waals surface area contributed by atoms with E-state index in [1.54, 1.807) is 19.1 Å². The van der Waals surface area contributed by atoms with Crippen molar-refractivity contribution >= 4 is 31.6 Å². The predicted molar refractivity (Wildman–Crippen MR) is 99.9 cm³/mol. The molecule has 134 valence electrons. The molecule has 0 fully saturated rings. The van der Waals surface area contributed by atoms with Gasteiger partial charge in [-0.25, -0.2) is 17.9 Å². The molecule has 0 atom stereocenters. The van der Waals surface area contributed by atoms with Gasteiger partial charge in [0.2, 0.25) is 0 Å². The fourth-order valence-corrected chi connectivity index (χ4v) is 4.00. The lowest BCUT2D eigenvalue weighted by atomic mass is 10.1. The summed E-state index contributed by atoms with van der Waals surface area (Å²) in [5.41, 5.74) is 0.892. The topological polar surface area (TPSA) is 91.9 Å². The molecular formula is C17H13BrFN3O3S. The Morgan fingerprint density at radius 3 is 2.54 bits per heavy atom. The highest BCUT2D eigenvalue weighted by Crippen LogP contribution is 2.27. The van der Waals surface area contributed by atoms with Crippen LogP contribution in [0.15, 0.2) is 62.7 Å². The third-order valence-corrected chi connectivity index (χ3v) is 5.63. The molecule has 3 aromatic rings. The van der Waals surface area contributed by atoms with Crippen LogP contribution in [0.1, 0.15) is 5.56 Å². The van der Waals surface area contributed by atoms with Crippen LogP contribution >= 0.6 is 15.9 Å². The highest BCUT2D eigenvalue weighted by molar-refractivity contribution is 9.10.